The van der Waals surface area contributed by atoms with E-state index in [1.165, 1.54) is 25.7 Å². The van der Waals surface area contributed by atoms with E-state index in [1.54, 1.807) is 7.11 Å². The molecule has 1 saturated carbocycles. The summed E-state index contributed by atoms with van der Waals surface area (Å²) in [6.07, 6.45) is 7.78. The molecule has 0 bridgehead atoms. The fraction of sp³-hybridized carbons (Fsp3) is 0.611. The zero-order chi connectivity index (χ0) is 15.3. The lowest BCUT2D eigenvalue weighted by Crippen LogP contribution is -2.28. The molecule has 1 fully saturated rings. The first-order valence-corrected chi connectivity index (χ1v) is 8.65. The van der Waals surface area contributed by atoms with Crippen LogP contribution in [-0.2, 0) is 6.42 Å². The SMILES string of the molecule is CCCC1CCC(C#N)(Cc2cc(Br)ccc2OC)CC1. The average Bonchev–Trinajstić information content (AvgIpc) is 2.50. The molecule has 3 heteroatoms. The van der Waals surface area contributed by atoms with Crippen molar-refractivity contribution in [2.24, 2.45) is 11.3 Å². The second kappa shape index (κ2) is 7.31. The van der Waals surface area contributed by atoms with E-state index in [2.05, 4.69) is 35.0 Å². The number of benzene rings is 1. The quantitative estimate of drug-likeness (QED) is 0.702. The molecule has 0 aromatic heterocycles. The van der Waals surface area contributed by atoms with E-state index in [0.29, 0.717) is 0 Å². The van der Waals surface area contributed by atoms with Crippen LogP contribution in [0, 0.1) is 22.7 Å². The van der Waals surface area contributed by atoms with E-state index in [-0.39, 0.29) is 5.41 Å². The van der Waals surface area contributed by atoms with Gasteiger partial charge >= 0.3 is 0 Å². The van der Waals surface area contributed by atoms with E-state index in [9.17, 15) is 5.26 Å². The van der Waals surface area contributed by atoms with Gasteiger partial charge in [-0.15, -0.1) is 0 Å². The number of rotatable bonds is 5. The summed E-state index contributed by atoms with van der Waals surface area (Å²) >= 11 is 3.52. The van der Waals surface area contributed by atoms with Crippen LogP contribution in [0.2, 0.25) is 0 Å². The molecule has 1 aliphatic carbocycles. The summed E-state index contributed by atoms with van der Waals surface area (Å²) in [5.74, 6) is 1.71. The van der Waals surface area contributed by atoms with Crippen LogP contribution >= 0.6 is 15.9 Å². The maximum absolute atomic E-state index is 9.75. The van der Waals surface area contributed by atoms with E-state index < -0.39 is 0 Å². The lowest BCUT2D eigenvalue weighted by atomic mass is 9.67. The van der Waals surface area contributed by atoms with E-state index in [0.717, 1.165) is 41.0 Å². The van der Waals surface area contributed by atoms with Crippen LogP contribution in [0.1, 0.15) is 51.0 Å². The molecular weight excluding hydrogens is 326 g/mol. The summed E-state index contributed by atoms with van der Waals surface area (Å²) in [6.45, 7) is 2.25. The standard InChI is InChI=1S/C18H24BrNO/c1-3-4-14-7-9-18(13-20,10-8-14)12-15-11-16(19)5-6-17(15)21-2/h5-6,11,14H,3-4,7-10,12H2,1-2H3. The Bertz CT molecular complexity index is 512. The smallest absolute Gasteiger partial charge is 0.122 e. The lowest BCUT2D eigenvalue weighted by Gasteiger charge is -2.35. The number of halogens is 1. The van der Waals surface area contributed by atoms with Crippen molar-refractivity contribution in [3.05, 3.63) is 28.2 Å². The van der Waals surface area contributed by atoms with Crippen LogP contribution in [-0.4, -0.2) is 7.11 Å². The number of nitrogens with zero attached hydrogens (tertiary/aromatic N) is 1. The van der Waals surface area contributed by atoms with Crippen LogP contribution < -0.4 is 4.74 Å². The molecule has 0 amide bonds. The van der Waals surface area contributed by atoms with Gasteiger partial charge in [0.05, 0.1) is 18.6 Å². The minimum atomic E-state index is -0.210. The molecule has 0 saturated heterocycles. The molecule has 0 aliphatic heterocycles. The van der Waals surface area contributed by atoms with Crippen LogP contribution in [0.4, 0.5) is 0 Å². The van der Waals surface area contributed by atoms with E-state index >= 15 is 0 Å². The molecule has 2 nitrogen and oxygen atoms in total. The Morgan fingerprint density at radius 3 is 2.67 bits per heavy atom. The van der Waals surface area contributed by atoms with Crippen molar-refractivity contribution < 1.29 is 4.74 Å². The Morgan fingerprint density at radius 1 is 1.38 bits per heavy atom. The van der Waals surface area contributed by atoms with Gasteiger partial charge in [-0.25, -0.2) is 0 Å². The molecule has 114 valence electrons. The van der Waals surface area contributed by atoms with Gasteiger partial charge in [0.25, 0.3) is 0 Å². The highest BCUT2D eigenvalue weighted by Gasteiger charge is 2.36. The zero-order valence-corrected chi connectivity index (χ0v) is 14.6. The number of ether oxygens (including phenoxy) is 1. The van der Waals surface area contributed by atoms with Crippen molar-refractivity contribution in [2.45, 2.75) is 51.9 Å². The van der Waals surface area contributed by atoms with Crippen molar-refractivity contribution in [1.82, 2.24) is 0 Å². The summed E-state index contributed by atoms with van der Waals surface area (Å²) < 4.78 is 6.51. The summed E-state index contributed by atoms with van der Waals surface area (Å²) in [4.78, 5) is 0. The highest BCUT2D eigenvalue weighted by atomic mass is 79.9. The lowest BCUT2D eigenvalue weighted by molar-refractivity contribution is 0.199. The van der Waals surface area contributed by atoms with Crippen molar-refractivity contribution >= 4 is 15.9 Å². The van der Waals surface area contributed by atoms with Crippen LogP contribution in [0.15, 0.2) is 22.7 Å². The predicted molar refractivity (Wildman–Crippen MR) is 89.3 cm³/mol. The van der Waals surface area contributed by atoms with Crippen LogP contribution in [0.3, 0.4) is 0 Å². The normalized spacial score (nSPS) is 25.3. The fourth-order valence-electron chi connectivity index (χ4n) is 3.51. The first-order chi connectivity index (χ1) is 10.1. The molecule has 0 unspecified atom stereocenters. The highest BCUT2D eigenvalue weighted by molar-refractivity contribution is 9.10. The summed E-state index contributed by atoms with van der Waals surface area (Å²) in [5.41, 5.74) is 0.931. The third kappa shape index (κ3) is 4.01. The van der Waals surface area contributed by atoms with Gasteiger partial charge < -0.3 is 4.74 Å². The Balaban J connectivity index is 2.13. The number of nitriles is 1. The first kappa shape index (κ1) is 16.4. The van der Waals surface area contributed by atoms with Crippen LogP contribution in [0.5, 0.6) is 5.75 Å². The zero-order valence-electron chi connectivity index (χ0n) is 13.0. The monoisotopic (exact) mass is 349 g/mol. The van der Waals surface area contributed by atoms with Gasteiger partial charge in [-0.05, 0) is 61.8 Å². The first-order valence-electron chi connectivity index (χ1n) is 7.86. The van der Waals surface area contributed by atoms with Gasteiger partial charge in [-0.2, -0.15) is 5.26 Å². The molecular formula is C18H24BrNO. The van der Waals surface area contributed by atoms with E-state index in [4.69, 9.17) is 4.74 Å². The van der Waals surface area contributed by atoms with Gasteiger partial charge in [0.2, 0.25) is 0 Å². The molecule has 1 aromatic carbocycles. The molecule has 1 aliphatic rings. The van der Waals surface area contributed by atoms with Crippen molar-refractivity contribution in [3.63, 3.8) is 0 Å². The second-order valence-corrected chi connectivity index (χ2v) is 7.17. The van der Waals surface area contributed by atoms with Gasteiger partial charge in [-0.1, -0.05) is 35.7 Å². The highest BCUT2D eigenvalue weighted by Crippen LogP contribution is 2.43. The molecule has 0 heterocycles. The molecule has 0 atom stereocenters. The Labute approximate surface area is 136 Å². The molecule has 2 rings (SSSR count). The third-order valence-corrected chi connectivity index (χ3v) is 5.26. The van der Waals surface area contributed by atoms with Crippen molar-refractivity contribution in [3.8, 4) is 11.8 Å². The molecule has 0 N–H and O–H groups in total. The topological polar surface area (TPSA) is 33.0 Å². The van der Waals surface area contributed by atoms with Gasteiger partial charge in [0.1, 0.15) is 5.75 Å². The second-order valence-electron chi connectivity index (χ2n) is 6.26. The van der Waals surface area contributed by atoms with Gasteiger partial charge in [0, 0.05) is 4.47 Å². The summed E-state index contributed by atoms with van der Waals surface area (Å²) in [7, 11) is 1.70. The van der Waals surface area contributed by atoms with Crippen molar-refractivity contribution in [2.75, 3.05) is 7.11 Å². The third-order valence-electron chi connectivity index (χ3n) is 4.77. The Morgan fingerprint density at radius 2 is 2.10 bits per heavy atom. The molecule has 0 radical (unpaired) electrons. The minimum Gasteiger partial charge on any atom is -0.496 e. The number of methoxy groups -OCH3 is 1. The average molecular weight is 350 g/mol. The summed E-state index contributed by atoms with van der Waals surface area (Å²) in [5, 5.41) is 9.75. The molecule has 21 heavy (non-hydrogen) atoms. The van der Waals surface area contributed by atoms with Gasteiger partial charge in [-0.3, -0.25) is 0 Å². The fourth-order valence-corrected chi connectivity index (χ4v) is 3.91. The van der Waals surface area contributed by atoms with Crippen molar-refractivity contribution in [1.29, 1.82) is 5.26 Å². The molecule has 1 aromatic rings. The maximum atomic E-state index is 9.75. The van der Waals surface area contributed by atoms with Crippen LogP contribution in [0.25, 0.3) is 0 Å². The van der Waals surface area contributed by atoms with E-state index in [1.807, 2.05) is 12.1 Å². The number of hydrogen-bond donors (Lipinski definition) is 0. The largest absolute Gasteiger partial charge is 0.496 e. The molecule has 0 spiro atoms. The van der Waals surface area contributed by atoms with Gasteiger partial charge in [0.15, 0.2) is 0 Å². The summed E-state index contributed by atoms with van der Waals surface area (Å²) in [6, 6.07) is 8.69. The maximum Gasteiger partial charge on any atom is 0.122 e. The Kier molecular flexibility index (Phi) is 5.70. The number of hydrogen-bond acceptors (Lipinski definition) is 2. The Hall–Kier alpha value is -1.01. The predicted octanol–water partition coefficient (Wildman–Crippen LogP) is 5.50. The minimum absolute atomic E-state index is 0.210.